The molecular weight excluding hydrogens is 318 g/mol. The first-order valence-electron chi connectivity index (χ1n) is 8.15. The van der Waals surface area contributed by atoms with Crippen LogP contribution in [0.4, 0.5) is 10.5 Å². The summed E-state index contributed by atoms with van der Waals surface area (Å²) in [4.78, 5) is 24.0. The Hall–Kier alpha value is -2.86. The molecule has 2 aromatic carbocycles. The van der Waals surface area contributed by atoms with Gasteiger partial charge in [-0.3, -0.25) is 4.79 Å². The third-order valence-electron chi connectivity index (χ3n) is 4.45. The quantitative estimate of drug-likeness (QED) is 0.690. The largest absolute Gasteiger partial charge is 0.390 e. The predicted molar refractivity (Wildman–Crippen MR) is 95.6 cm³/mol. The molecular formula is C19H21N3O3. The van der Waals surface area contributed by atoms with Gasteiger partial charge < -0.3 is 21.1 Å². The number of urea groups is 1. The number of carbonyl (C=O) groups excluding carboxylic acids is 2. The lowest BCUT2D eigenvalue weighted by Crippen LogP contribution is -2.37. The highest BCUT2D eigenvalue weighted by Gasteiger charge is 2.31. The Balaban J connectivity index is 1.70. The van der Waals surface area contributed by atoms with Crippen molar-refractivity contribution in [3.05, 3.63) is 64.7 Å². The van der Waals surface area contributed by atoms with E-state index in [1.165, 1.54) is 0 Å². The molecule has 2 atom stereocenters. The number of hydrogen-bond acceptors (Lipinski definition) is 3. The van der Waals surface area contributed by atoms with Crippen molar-refractivity contribution in [2.24, 2.45) is 0 Å². The van der Waals surface area contributed by atoms with E-state index in [-0.39, 0.29) is 5.91 Å². The number of aliphatic hydroxyl groups is 1. The van der Waals surface area contributed by atoms with Crippen LogP contribution in [0.3, 0.4) is 0 Å². The number of rotatable bonds is 3. The van der Waals surface area contributed by atoms with Gasteiger partial charge in [0.05, 0.1) is 12.1 Å². The van der Waals surface area contributed by atoms with E-state index in [9.17, 15) is 14.7 Å². The van der Waals surface area contributed by atoms with Gasteiger partial charge in [-0.05, 0) is 41.8 Å². The Bertz CT molecular complexity index is 819. The number of benzene rings is 2. The molecule has 3 amide bonds. The van der Waals surface area contributed by atoms with E-state index in [1.807, 2.05) is 31.2 Å². The van der Waals surface area contributed by atoms with Crippen molar-refractivity contribution in [3.8, 4) is 0 Å². The maximum Gasteiger partial charge on any atom is 0.319 e. The Labute approximate surface area is 146 Å². The summed E-state index contributed by atoms with van der Waals surface area (Å²) in [6, 6.07) is 11.9. The van der Waals surface area contributed by atoms with Gasteiger partial charge in [0, 0.05) is 24.7 Å². The fourth-order valence-electron chi connectivity index (χ4n) is 3.14. The number of amides is 3. The molecule has 0 saturated carbocycles. The molecule has 3 rings (SSSR count). The number of carbonyl (C=O) groups is 2. The second-order valence-corrected chi connectivity index (χ2v) is 6.16. The van der Waals surface area contributed by atoms with Gasteiger partial charge in [-0.15, -0.1) is 0 Å². The van der Waals surface area contributed by atoms with Gasteiger partial charge in [0.25, 0.3) is 5.91 Å². The van der Waals surface area contributed by atoms with Crippen molar-refractivity contribution in [2.45, 2.75) is 25.5 Å². The molecule has 0 aliphatic heterocycles. The van der Waals surface area contributed by atoms with Gasteiger partial charge in [0.15, 0.2) is 0 Å². The van der Waals surface area contributed by atoms with Crippen LogP contribution in [0.1, 0.15) is 33.1 Å². The molecule has 6 nitrogen and oxygen atoms in total. The van der Waals surface area contributed by atoms with Crippen molar-refractivity contribution >= 4 is 17.6 Å². The third-order valence-corrected chi connectivity index (χ3v) is 4.45. The second kappa shape index (κ2) is 6.94. The van der Waals surface area contributed by atoms with E-state index >= 15 is 0 Å². The average Bonchev–Trinajstić information content (AvgIpc) is 2.91. The SMILES string of the molecule is CNC(=O)c1ccc(NC(=O)N[C@@H]2c3ccccc3C[C@@H]2O)c(C)c1. The summed E-state index contributed by atoms with van der Waals surface area (Å²) in [5, 5.41) is 18.4. The first-order valence-corrected chi connectivity index (χ1v) is 8.15. The summed E-state index contributed by atoms with van der Waals surface area (Å²) >= 11 is 0. The number of aryl methyl sites for hydroxylation is 1. The normalized spacial score (nSPS) is 18.4. The fourth-order valence-corrected chi connectivity index (χ4v) is 3.14. The van der Waals surface area contributed by atoms with E-state index in [4.69, 9.17) is 0 Å². The minimum atomic E-state index is -0.639. The summed E-state index contributed by atoms with van der Waals surface area (Å²) in [5.74, 6) is -0.176. The van der Waals surface area contributed by atoms with Crippen LogP contribution in [0.25, 0.3) is 0 Å². The smallest absolute Gasteiger partial charge is 0.319 e. The molecule has 130 valence electrons. The summed E-state index contributed by atoms with van der Waals surface area (Å²) in [5.41, 5.74) is 3.92. The van der Waals surface area contributed by atoms with E-state index in [0.717, 1.165) is 16.7 Å². The Morgan fingerprint density at radius 1 is 1.16 bits per heavy atom. The maximum absolute atomic E-state index is 12.3. The van der Waals surface area contributed by atoms with Gasteiger partial charge >= 0.3 is 6.03 Å². The summed E-state index contributed by atoms with van der Waals surface area (Å²) in [6.45, 7) is 1.82. The molecule has 0 unspecified atom stereocenters. The molecule has 0 bridgehead atoms. The minimum Gasteiger partial charge on any atom is -0.390 e. The number of nitrogens with one attached hydrogen (secondary N) is 3. The molecule has 1 aliphatic carbocycles. The standard InChI is InChI=1S/C19H21N3O3/c1-11-9-13(18(24)20-2)7-8-15(11)21-19(25)22-17-14-6-4-3-5-12(14)10-16(17)23/h3-9,16-17,23H,10H2,1-2H3,(H,20,24)(H2,21,22,25)/t16-,17+/m0/s1. The highest BCUT2D eigenvalue weighted by molar-refractivity contribution is 5.96. The van der Waals surface area contributed by atoms with E-state index in [1.54, 1.807) is 25.2 Å². The summed E-state index contributed by atoms with van der Waals surface area (Å²) in [7, 11) is 1.57. The molecule has 2 aromatic rings. The first kappa shape index (κ1) is 17.0. The highest BCUT2D eigenvalue weighted by atomic mass is 16.3. The van der Waals surface area contributed by atoms with Crippen molar-refractivity contribution in [1.82, 2.24) is 10.6 Å². The Kier molecular flexibility index (Phi) is 4.72. The molecule has 6 heteroatoms. The zero-order chi connectivity index (χ0) is 18.0. The molecule has 0 saturated heterocycles. The van der Waals surface area contributed by atoms with Crippen LogP contribution in [0, 0.1) is 6.92 Å². The lowest BCUT2D eigenvalue weighted by molar-refractivity contribution is 0.0963. The molecule has 0 heterocycles. The molecule has 1 aliphatic rings. The zero-order valence-electron chi connectivity index (χ0n) is 14.2. The van der Waals surface area contributed by atoms with Gasteiger partial charge in [0.2, 0.25) is 0 Å². The van der Waals surface area contributed by atoms with Crippen LogP contribution in [0.5, 0.6) is 0 Å². The zero-order valence-corrected chi connectivity index (χ0v) is 14.2. The van der Waals surface area contributed by atoms with Crippen molar-refractivity contribution < 1.29 is 14.7 Å². The Morgan fingerprint density at radius 3 is 2.64 bits per heavy atom. The second-order valence-electron chi connectivity index (χ2n) is 6.16. The topological polar surface area (TPSA) is 90.5 Å². The fraction of sp³-hybridized carbons (Fsp3) is 0.263. The van der Waals surface area contributed by atoms with Crippen LogP contribution < -0.4 is 16.0 Å². The van der Waals surface area contributed by atoms with Gasteiger partial charge in [0.1, 0.15) is 0 Å². The van der Waals surface area contributed by atoms with Gasteiger partial charge in [-0.2, -0.15) is 0 Å². The molecule has 0 fully saturated rings. The third kappa shape index (κ3) is 3.49. The minimum absolute atomic E-state index is 0.176. The van der Waals surface area contributed by atoms with Crippen LogP contribution in [-0.2, 0) is 6.42 Å². The monoisotopic (exact) mass is 339 g/mol. The van der Waals surface area contributed by atoms with Crippen LogP contribution in [0.15, 0.2) is 42.5 Å². The summed E-state index contributed by atoms with van der Waals surface area (Å²) < 4.78 is 0. The van der Waals surface area contributed by atoms with Gasteiger partial charge in [-0.1, -0.05) is 24.3 Å². The van der Waals surface area contributed by atoms with Crippen LogP contribution in [-0.4, -0.2) is 30.2 Å². The predicted octanol–water partition coefficient (Wildman–Crippen LogP) is 2.13. The van der Waals surface area contributed by atoms with Crippen molar-refractivity contribution in [1.29, 1.82) is 0 Å². The van der Waals surface area contributed by atoms with Gasteiger partial charge in [-0.25, -0.2) is 4.79 Å². The number of hydrogen-bond donors (Lipinski definition) is 4. The number of aliphatic hydroxyl groups excluding tert-OH is 1. The van der Waals surface area contributed by atoms with Crippen LogP contribution >= 0.6 is 0 Å². The first-order chi connectivity index (χ1) is 12.0. The van der Waals surface area contributed by atoms with Crippen LogP contribution in [0.2, 0.25) is 0 Å². The molecule has 0 spiro atoms. The van der Waals surface area contributed by atoms with Crippen molar-refractivity contribution in [2.75, 3.05) is 12.4 Å². The van der Waals surface area contributed by atoms with Crippen molar-refractivity contribution in [3.63, 3.8) is 0 Å². The Morgan fingerprint density at radius 2 is 1.92 bits per heavy atom. The average molecular weight is 339 g/mol. The maximum atomic E-state index is 12.3. The lowest BCUT2D eigenvalue weighted by atomic mass is 10.1. The molecule has 4 N–H and O–H groups in total. The van der Waals surface area contributed by atoms with E-state index in [2.05, 4.69) is 16.0 Å². The number of fused-ring (bicyclic) bond motifs is 1. The number of anilines is 1. The highest BCUT2D eigenvalue weighted by Crippen LogP contribution is 2.31. The lowest BCUT2D eigenvalue weighted by Gasteiger charge is -2.19. The molecule has 0 radical (unpaired) electrons. The molecule has 0 aromatic heterocycles. The molecule has 25 heavy (non-hydrogen) atoms. The van der Waals surface area contributed by atoms with E-state index in [0.29, 0.717) is 17.7 Å². The summed E-state index contributed by atoms with van der Waals surface area (Å²) in [6.07, 6.45) is -0.110. The van der Waals surface area contributed by atoms with E-state index < -0.39 is 18.2 Å².